The lowest BCUT2D eigenvalue weighted by atomic mass is 9.77. The number of hydrogen-bond acceptors (Lipinski definition) is 3. The number of carbonyl (C=O) groups excluding carboxylic acids is 1. The van der Waals surface area contributed by atoms with Crippen LogP contribution in [0.15, 0.2) is 53.0 Å². The van der Waals surface area contributed by atoms with Crippen LogP contribution in [-0.2, 0) is 4.74 Å². The second-order valence-electron chi connectivity index (χ2n) is 6.44. The predicted octanol–water partition coefficient (Wildman–Crippen LogP) is 5.20. The van der Waals surface area contributed by atoms with Crippen LogP contribution in [0.4, 0.5) is 10.1 Å². The number of fused-ring (bicyclic) bond motifs is 3. The van der Waals surface area contributed by atoms with Crippen LogP contribution in [0.25, 0.3) is 0 Å². The highest BCUT2D eigenvalue weighted by molar-refractivity contribution is 9.10. The molecule has 0 amide bonds. The lowest BCUT2D eigenvalue weighted by Gasteiger charge is -2.37. The third kappa shape index (κ3) is 2.76. The van der Waals surface area contributed by atoms with Crippen molar-refractivity contribution in [1.82, 2.24) is 0 Å². The molecule has 25 heavy (non-hydrogen) atoms. The fraction of sp³-hybridized carbons (Fsp3) is 0.250. The van der Waals surface area contributed by atoms with Crippen LogP contribution in [0.2, 0.25) is 0 Å². The van der Waals surface area contributed by atoms with E-state index in [0.29, 0.717) is 17.2 Å². The average molecular weight is 402 g/mol. The molecule has 2 aromatic carbocycles. The molecule has 1 N–H and O–H groups in total. The highest BCUT2D eigenvalue weighted by Crippen LogP contribution is 2.51. The maximum absolute atomic E-state index is 14.5. The van der Waals surface area contributed by atoms with Gasteiger partial charge in [0.25, 0.3) is 0 Å². The van der Waals surface area contributed by atoms with Crippen LogP contribution < -0.4 is 5.32 Å². The number of ether oxygens (including phenoxy) is 1. The Morgan fingerprint density at radius 2 is 2.04 bits per heavy atom. The van der Waals surface area contributed by atoms with E-state index in [-0.39, 0.29) is 23.7 Å². The Labute approximate surface area is 154 Å². The van der Waals surface area contributed by atoms with Crippen LogP contribution in [0, 0.1) is 11.7 Å². The second-order valence-corrected chi connectivity index (χ2v) is 7.36. The van der Waals surface area contributed by atoms with Gasteiger partial charge >= 0.3 is 5.97 Å². The Bertz CT molecular complexity index is 863. The molecule has 2 aliphatic rings. The number of rotatable bonds is 2. The van der Waals surface area contributed by atoms with Crippen LogP contribution in [0.5, 0.6) is 0 Å². The molecule has 0 spiro atoms. The summed E-state index contributed by atoms with van der Waals surface area (Å²) in [6.07, 6.45) is 5.28. The zero-order valence-corrected chi connectivity index (χ0v) is 15.2. The summed E-state index contributed by atoms with van der Waals surface area (Å²) in [5, 5.41) is 3.39. The molecule has 128 valence electrons. The number of hydrogen-bond donors (Lipinski definition) is 1. The summed E-state index contributed by atoms with van der Waals surface area (Å²) in [6.45, 7) is 0. The van der Waals surface area contributed by atoms with Gasteiger partial charge in [-0.05, 0) is 47.7 Å². The van der Waals surface area contributed by atoms with Crippen LogP contribution in [0.3, 0.4) is 0 Å². The lowest BCUT2D eigenvalue weighted by molar-refractivity contribution is 0.0600. The molecule has 0 saturated carbocycles. The standard InChI is InChI=1S/C20H17BrFNO2/c1-25-20(24)12-7-5-11(6-8-12)18-15-4-2-3-14(15)16-9-13(21)10-17(22)19(16)23-18/h2-3,5-10,14-15,18,23H,4H2,1H3/t14-,15+,18-/m0/s1. The number of allylic oxidation sites excluding steroid dienone is 2. The van der Waals surface area contributed by atoms with E-state index in [2.05, 4.69) is 33.4 Å². The van der Waals surface area contributed by atoms with Crippen molar-refractivity contribution < 1.29 is 13.9 Å². The highest BCUT2D eigenvalue weighted by atomic mass is 79.9. The number of esters is 1. The van der Waals surface area contributed by atoms with E-state index < -0.39 is 0 Å². The molecule has 0 fully saturated rings. The van der Waals surface area contributed by atoms with E-state index in [9.17, 15) is 9.18 Å². The third-order valence-electron chi connectivity index (χ3n) is 5.08. The molecule has 1 aliphatic heterocycles. The van der Waals surface area contributed by atoms with Crippen LogP contribution >= 0.6 is 15.9 Å². The van der Waals surface area contributed by atoms with Gasteiger partial charge in [0.1, 0.15) is 5.82 Å². The van der Waals surface area contributed by atoms with Gasteiger partial charge in [-0.15, -0.1) is 0 Å². The van der Waals surface area contributed by atoms with Crippen LogP contribution in [0.1, 0.15) is 39.9 Å². The van der Waals surface area contributed by atoms with Crippen molar-refractivity contribution in [2.75, 3.05) is 12.4 Å². The van der Waals surface area contributed by atoms with Gasteiger partial charge in [0.2, 0.25) is 0 Å². The van der Waals surface area contributed by atoms with E-state index in [0.717, 1.165) is 22.0 Å². The summed E-state index contributed by atoms with van der Waals surface area (Å²) in [4.78, 5) is 11.6. The van der Waals surface area contributed by atoms with Gasteiger partial charge in [0, 0.05) is 10.4 Å². The van der Waals surface area contributed by atoms with Crippen molar-refractivity contribution in [2.45, 2.75) is 18.4 Å². The molecule has 0 aromatic heterocycles. The molecule has 0 radical (unpaired) electrons. The van der Waals surface area contributed by atoms with E-state index >= 15 is 0 Å². The summed E-state index contributed by atoms with van der Waals surface area (Å²) in [5.41, 5.74) is 3.11. The third-order valence-corrected chi connectivity index (χ3v) is 5.53. The molecular weight excluding hydrogens is 385 g/mol. The SMILES string of the molecule is COC(=O)c1ccc([C@@H]2Nc3c(F)cc(Br)cc3[C@H]3C=CC[C@H]32)cc1. The van der Waals surface area contributed by atoms with Gasteiger partial charge in [0.15, 0.2) is 0 Å². The first-order chi connectivity index (χ1) is 12.1. The Morgan fingerprint density at radius 3 is 2.76 bits per heavy atom. The maximum Gasteiger partial charge on any atom is 0.337 e. The van der Waals surface area contributed by atoms with Gasteiger partial charge in [-0.1, -0.05) is 40.2 Å². The van der Waals surface area contributed by atoms with Crippen molar-refractivity contribution in [3.8, 4) is 0 Å². The summed E-state index contributed by atoms with van der Waals surface area (Å²) >= 11 is 3.39. The zero-order chi connectivity index (χ0) is 17.6. The van der Waals surface area contributed by atoms with Crippen molar-refractivity contribution >= 4 is 27.6 Å². The van der Waals surface area contributed by atoms with E-state index in [1.165, 1.54) is 13.2 Å². The Kier molecular flexibility index (Phi) is 4.12. The molecule has 3 atom stereocenters. The number of halogens is 2. The van der Waals surface area contributed by atoms with Crippen LogP contribution in [-0.4, -0.2) is 13.1 Å². The summed E-state index contributed by atoms with van der Waals surface area (Å²) in [7, 11) is 1.37. The van der Waals surface area contributed by atoms with E-state index in [1.54, 1.807) is 12.1 Å². The quantitative estimate of drug-likeness (QED) is 0.554. The van der Waals surface area contributed by atoms with E-state index in [4.69, 9.17) is 4.74 Å². The van der Waals surface area contributed by atoms with Crippen molar-refractivity contribution in [2.24, 2.45) is 5.92 Å². The number of methoxy groups -OCH3 is 1. The minimum Gasteiger partial charge on any atom is -0.465 e. The largest absolute Gasteiger partial charge is 0.465 e. The molecule has 1 aliphatic carbocycles. The monoisotopic (exact) mass is 401 g/mol. The van der Waals surface area contributed by atoms with Crippen molar-refractivity contribution in [3.05, 3.63) is 75.5 Å². The first-order valence-corrected chi connectivity index (χ1v) is 8.98. The Morgan fingerprint density at radius 1 is 1.28 bits per heavy atom. The van der Waals surface area contributed by atoms with Gasteiger partial charge in [-0.3, -0.25) is 0 Å². The molecule has 0 saturated heterocycles. The molecule has 3 nitrogen and oxygen atoms in total. The fourth-order valence-corrected chi connectivity index (χ4v) is 4.34. The van der Waals surface area contributed by atoms with Gasteiger partial charge < -0.3 is 10.1 Å². The maximum atomic E-state index is 14.5. The topological polar surface area (TPSA) is 38.3 Å². The van der Waals surface area contributed by atoms with Crippen molar-refractivity contribution in [1.29, 1.82) is 0 Å². The number of benzene rings is 2. The molecule has 0 bridgehead atoms. The second kappa shape index (κ2) is 6.30. The highest BCUT2D eigenvalue weighted by Gasteiger charge is 2.39. The van der Waals surface area contributed by atoms with Gasteiger partial charge in [0.05, 0.1) is 24.4 Å². The van der Waals surface area contributed by atoms with E-state index in [1.807, 2.05) is 18.2 Å². The Hall–Kier alpha value is -2.14. The molecule has 5 heteroatoms. The first-order valence-electron chi connectivity index (χ1n) is 8.19. The number of nitrogens with one attached hydrogen (secondary N) is 1. The molecular formula is C20H17BrFNO2. The Balaban J connectivity index is 1.73. The molecule has 2 aromatic rings. The average Bonchev–Trinajstić information content (AvgIpc) is 3.11. The van der Waals surface area contributed by atoms with Gasteiger partial charge in [-0.2, -0.15) is 0 Å². The number of anilines is 1. The zero-order valence-electron chi connectivity index (χ0n) is 13.6. The summed E-state index contributed by atoms with van der Waals surface area (Å²) < 4.78 is 20.0. The normalized spacial score (nSPS) is 23.6. The lowest BCUT2D eigenvalue weighted by Crippen LogP contribution is -2.29. The number of carbonyl (C=O) groups is 1. The predicted molar refractivity (Wildman–Crippen MR) is 98.2 cm³/mol. The molecule has 0 unspecified atom stereocenters. The molecule has 1 heterocycles. The van der Waals surface area contributed by atoms with Crippen molar-refractivity contribution in [3.63, 3.8) is 0 Å². The first kappa shape index (κ1) is 16.3. The summed E-state index contributed by atoms with van der Waals surface area (Å²) in [5.74, 6) is -0.0946. The minimum atomic E-state index is -0.357. The fourth-order valence-electron chi connectivity index (χ4n) is 3.90. The summed E-state index contributed by atoms with van der Waals surface area (Å²) in [6, 6.07) is 10.8. The minimum absolute atomic E-state index is 0.00475. The molecule has 4 rings (SSSR count). The smallest absolute Gasteiger partial charge is 0.337 e. The van der Waals surface area contributed by atoms with Gasteiger partial charge in [-0.25, -0.2) is 9.18 Å².